The molecule has 2 aromatic rings. The number of nitrogens with one attached hydrogen (secondary N) is 1. The molecule has 0 aromatic heterocycles. The van der Waals surface area contributed by atoms with Crippen LogP contribution in [0.3, 0.4) is 0 Å². The van der Waals surface area contributed by atoms with Crippen LogP contribution in [0, 0.1) is 0 Å². The van der Waals surface area contributed by atoms with Crippen LogP contribution < -0.4 is 10.2 Å². The van der Waals surface area contributed by atoms with Crippen LogP contribution in [-0.4, -0.2) is 24.0 Å². The van der Waals surface area contributed by atoms with Gasteiger partial charge in [-0.05, 0) is 68.5 Å². The molecule has 0 saturated heterocycles. The van der Waals surface area contributed by atoms with Gasteiger partial charge in [0.05, 0.1) is 6.61 Å². The molecule has 3 rings (SSSR count). The number of hydrogen-bond acceptors (Lipinski definition) is 4. The highest BCUT2D eigenvalue weighted by atomic mass is 35.5. The number of benzene rings is 2. The smallest absolute Gasteiger partial charge is 0.336 e. The van der Waals surface area contributed by atoms with Crippen molar-refractivity contribution in [2.75, 3.05) is 16.8 Å². The minimum atomic E-state index is -1.28. The van der Waals surface area contributed by atoms with Gasteiger partial charge in [-0.25, -0.2) is 4.79 Å². The summed E-state index contributed by atoms with van der Waals surface area (Å²) in [5.41, 5.74) is 0.227. The first-order valence-corrected chi connectivity index (χ1v) is 9.13. The highest BCUT2D eigenvalue weighted by Gasteiger charge is 2.49. The van der Waals surface area contributed by atoms with E-state index in [-0.39, 0.29) is 18.2 Å². The fraction of sp³-hybridized carbons (Fsp3) is 0.200. The summed E-state index contributed by atoms with van der Waals surface area (Å²) in [6.45, 7) is 3.58. The van der Waals surface area contributed by atoms with Crippen LogP contribution in [0.5, 0.6) is 0 Å². The van der Waals surface area contributed by atoms with Gasteiger partial charge in [0.1, 0.15) is 5.70 Å². The molecule has 1 amide bonds. The van der Waals surface area contributed by atoms with Gasteiger partial charge in [0, 0.05) is 21.4 Å². The molecule has 2 aromatic carbocycles. The first-order chi connectivity index (χ1) is 12.8. The van der Waals surface area contributed by atoms with Crippen molar-refractivity contribution >= 4 is 46.5 Å². The molecule has 1 heterocycles. The molecule has 0 aliphatic carbocycles. The third-order valence-electron chi connectivity index (χ3n) is 4.22. The molecule has 7 heteroatoms. The fourth-order valence-corrected chi connectivity index (χ4v) is 3.17. The first-order valence-electron chi connectivity index (χ1n) is 8.38. The van der Waals surface area contributed by atoms with E-state index in [0.717, 1.165) is 0 Å². The van der Waals surface area contributed by atoms with Gasteiger partial charge in [-0.3, -0.25) is 9.69 Å². The highest BCUT2D eigenvalue weighted by Crippen LogP contribution is 2.35. The minimum absolute atomic E-state index is 0.213. The number of rotatable bonds is 5. The van der Waals surface area contributed by atoms with Gasteiger partial charge in [0.15, 0.2) is 5.54 Å². The zero-order chi connectivity index (χ0) is 19.6. The standard InChI is InChI=1S/C20H18Cl2N2O3/c1-3-27-19(26)20(2)12-17(23-15-8-4-13(21)5-9-15)18(25)24(20)16-10-6-14(22)7-11-16/h4-12,23H,3H2,1-2H3/t20-/m0/s1. The Hall–Kier alpha value is -2.50. The second kappa shape index (κ2) is 7.62. The molecule has 1 atom stereocenters. The molecule has 0 saturated carbocycles. The highest BCUT2D eigenvalue weighted by molar-refractivity contribution is 6.31. The van der Waals surface area contributed by atoms with E-state index in [1.807, 2.05) is 0 Å². The number of nitrogens with zero attached hydrogens (tertiary/aromatic N) is 1. The van der Waals surface area contributed by atoms with Gasteiger partial charge in [-0.15, -0.1) is 0 Å². The van der Waals surface area contributed by atoms with Gasteiger partial charge < -0.3 is 10.1 Å². The molecule has 27 heavy (non-hydrogen) atoms. The van der Waals surface area contributed by atoms with E-state index in [2.05, 4.69) is 5.32 Å². The summed E-state index contributed by atoms with van der Waals surface area (Å²) in [4.78, 5) is 27.2. The van der Waals surface area contributed by atoms with Crippen molar-refractivity contribution in [1.82, 2.24) is 0 Å². The Morgan fingerprint density at radius 3 is 2.19 bits per heavy atom. The summed E-state index contributed by atoms with van der Waals surface area (Å²) < 4.78 is 5.22. The topological polar surface area (TPSA) is 58.6 Å². The molecule has 0 spiro atoms. The van der Waals surface area contributed by atoms with Gasteiger partial charge in [0.2, 0.25) is 0 Å². The van der Waals surface area contributed by atoms with Crippen molar-refractivity contribution in [3.05, 3.63) is 70.3 Å². The molecular weight excluding hydrogens is 387 g/mol. The second-order valence-electron chi connectivity index (χ2n) is 6.17. The molecule has 0 unspecified atom stereocenters. The molecule has 0 bridgehead atoms. The number of carbonyl (C=O) groups is 2. The van der Waals surface area contributed by atoms with Crippen LogP contribution in [0.15, 0.2) is 60.3 Å². The number of carbonyl (C=O) groups excluding carboxylic acids is 2. The summed E-state index contributed by atoms with van der Waals surface area (Å²) in [5, 5.41) is 4.19. The Labute approximate surface area is 167 Å². The molecule has 5 nitrogen and oxygen atoms in total. The van der Waals surface area contributed by atoms with E-state index >= 15 is 0 Å². The average molecular weight is 405 g/mol. The monoisotopic (exact) mass is 404 g/mol. The lowest BCUT2D eigenvalue weighted by Gasteiger charge is -2.32. The number of anilines is 2. The van der Waals surface area contributed by atoms with Crippen LogP contribution in [0.4, 0.5) is 11.4 Å². The summed E-state index contributed by atoms with van der Waals surface area (Å²) in [6, 6.07) is 13.7. The van der Waals surface area contributed by atoms with Gasteiger partial charge in [-0.1, -0.05) is 23.2 Å². The lowest BCUT2D eigenvalue weighted by molar-refractivity contribution is -0.147. The maximum Gasteiger partial charge on any atom is 0.336 e. The van der Waals surface area contributed by atoms with Crippen LogP contribution in [-0.2, 0) is 14.3 Å². The van der Waals surface area contributed by atoms with E-state index in [1.54, 1.807) is 68.5 Å². The second-order valence-corrected chi connectivity index (χ2v) is 7.05. The Morgan fingerprint density at radius 2 is 1.63 bits per heavy atom. The SMILES string of the molecule is CCOC(=O)[C@]1(C)C=C(Nc2ccc(Cl)cc2)C(=O)N1c1ccc(Cl)cc1. The summed E-state index contributed by atoms with van der Waals surface area (Å²) >= 11 is 11.9. The maximum absolute atomic E-state index is 13.1. The van der Waals surface area contributed by atoms with Gasteiger partial charge >= 0.3 is 5.97 Å². The van der Waals surface area contributed by atoms with E-state index < -0.39 is 11.5 Å². The van der Waals surface area contributed by atoms with Crippen LogP contribution in [0.25, 0.3) is 0 Å². The van der Waals surface area contributed by atoms with E-state index in [1.165, 1.54) is 4.90 Å². The van der Waals surface area contributed by atoms with Crippen molar-refractivity contribution in [3.8, 4) is 0 Å². The van der Waals surface area contributed by atoms with E-state index in [0.29, 0.717) is 21.4 Å². The third kappa shape index (κ3) is 3.80. The molecule has 1 N–H and O–H groups in total. The van der Waals surface area contributed by atoms with Crippen LogP contribution >= 0.6 is 23.2 Å². The quantitative estimate of drug-likeness (QED) is 0.736. The predicted molar refractivity (Wildman–Crippen MR) is 107 cm³/mol. The number of halogens is 2. The molecule has 140 valence electrons. The van der Waals surface area contributed by atoms with Crippen LogP contribution in [0.1, 0.15) is 13.8 Å². The first kappa shape index (κ1) is 19.3. The van der Waals surface area contributed by atoms with Crippen LogP contribution in [0.2, 0.25) is 10.0 Å². The number of hydrogen-bond donors (Lipinski definition) is 1. The zero-order valence-corrected chi connectivity index (χ0v) is 16.3. The number of esters is 1. The summed E-state index contributed by atoms with van der Waals surface area (Å²) in [7, 11) is 0. The van der Waals surface area contributed by atoms with Gasteiger partial charge in [0.25, 0.3) is 5.91 Å². The largest absolute Gasteiger partial charge is 0.464 e. The number of amides is 1. The van der Waals surface area contributed by atoms with E-state index in [9.17, 15) is 9.59 Å². The zero-order valence-electron chi connectivity index (χ0n) is 14.8. The molecule has 1 aliphatic heterocycles. The molecule has 1 aliphatic rings. The third-order valence-corrected chi connectivity index (χ3v) is 4.72. The Morgan fingerprint density at radius 1 is 1.07 bits per heavy atom. The van der Waals surface area contributed by atoms with Crippen molar-refractivity contribution in [1.29, 1.82) is 0 Å². The van der Waals surface area contributed by atoms with Crippen molar-refractivity contribution in [2.24, 2.45) is 0 Å². The maximum atomic E-state index is 13.1. The molecule has 0 radical (unpaired) electrons. The lowest BCUT2D eigenvalue weighted by Crippen LogP contribution is -2.51. The van der Waals surface area contributed by atoms with E-state index in [4.69, 9.17) is 27.9 Å². The Bertz CT molecular complexity index is 894. The molecule has 0 fully saturated rings. The summed E-state index contributed by atoms with van der Waals surface area (Å²) in [6.07, 6.45) is 1.58. The number of ether oxygens (including phenoxy) is 1. The lowest BCUT2D eigenvalue weighted by atomic mass is 10.0. The predicted octanol–water partition coefficient (Wildman–Crippen LogP) is 4.66. The minimum Gasteiger partial charge on any atom is -0.464 e. The molecular formula is C20H18Cl2N2O3. The Kier molecular flexibility index (Phi) is 5.44. The normalized spacial score (nSPS) is 19.0. The van der Waals surface area contributed by atoms with Gasteiger partial charge in [-0.2, -0.15) is 0 Å². The van der Waals surface area contributed by atoms with Crippen molar-refractivity contribution < 1.29 is 14.3 Å². The Balaban J connectivity index is 1.99. The average Bonchev–Trinajstić information content (AvgIpc) is 2.90. The summed E-state index contributed by atoms with van der Waals surface area (Å²) in [5.74, 6) is -0.857. The van der Waals surface area contributed by atoms with Crippen molar-refractivity contribution in [3.63, 3.8) is 0 Å². The van der Waals surface area contributed by atoms with Crippen molar-refractivity contribution in [2.45, 2.75) is 19.4 Å². The fourth-order valence-electron chi connectivity index (χ4n) is 2.92.